The standard InChI is InChI=1S/C35H45ClN6O4S3/c1-22(2)46-30-19-26(25-12-16-42(17-13-25)35(43)48-21-32(47)41-14-8-9-15-41)24(5)18-29(30)39-34-37-20-27(36)33(40-34)38-28-10-6-7-11-31(28)49(44,45)23(3)4/h6-7,10-11,18-20,22-23,25H,8-9,12-17,21H2,1-5H3,(H2,37,38,39,40). The van der Waals surface area contributed by atoms with E-state index >= 15 is 0 Å². The molecule has 3 heterocycles. The Morgan fingerprint density at radius 3 is 2.41 bits per heavy atom. The van der Waals surface area contributed by atoms with Crippen LogP contribution in [0.2, 0.25) is 5.02 Å². The Bertz CT molecular complexity index is 1770. The largest absolute Gasteiger partial charge is 0.489 e. The van der Waals surface area contributed by atoms with Crippen molar-refractivity contribution in [3.8, 4) is 5.75 Å². The number of nitrogens with one attached hydrogen (secondary N) is 2. The second kappa shape index (κ2) is 16.3. The lowest BCUT2D eigenvalue weighted by molar-refractivity contribution is 0.205. The third-order valence-corrected chi connectivity index (χ3v) is 12.8. The highest BCUT2D eigenvalue weighted by atomic mass is 35.5. The number of carbonyl (C=O) groups is 1. The zero-order valence-corrected chi connectivity index (χ0v) is 31.9. The van der Waals surface area contributed by atoms with Gasteiger partial charge in [0.25, 0.3) is 5.24 Å². The molecule has 2 saturated heterocycles. The van der Waals surface area contributed by atoms with Crippen LogP contribution in [0.25, 0.3) is 0 Å². The summed E-state index contributed by atoms with van der Waals surface area (Å²) in [6, 6.07) is 10.8. The zero-order chi connectivity index (χ0) is 35.3. The average molecular weight is 745 g/mol. The fourth-order valence-electron chi connectivity index (χ4n) is 6.07. The van der Waals surface area contributed by atoms with E-state index in [2.05, 4.69) is 38.5 Å². The monoisotopic (exact) mass is 744 g/mol. The van der Waals surface area contributed by atoms with Crippen molar-refractivity contribution in [2.45, 2.75) is 82.5 Å². The summed E-state index contributed by atoms with van der Waals surface area (Å²) in [5.74, 6) is 2.06. The second-order valence-corrected chi connectivity index (χ2v) is 17.3. The first-order valence-corrected chi connectivity index (χ1v) is 20.1. The summed E-state index contributed by atoms with van der Waals surface area (Å²) in [5.41, 5.74) is 3.36. The van der Waals surface area contributed by atoms with Gasteiger partial charge in [-0.15, -0.1) is 0 Å². The number of aryl methyl sites for hydroxylation is 1. The summed E-state index contributed by atoms with van der Waals surface area (Å²) in [6.07, 6.45) is 5.45. The Balaban J connectivity index is 1.29. The number of para-hydroxylation sites is 1. The van der Waals surface area contributed by atoms with Gasteiger partial charge in [0.1, 0.15) is 10.8 Å². The van der Waals surface area contributed by atoms with Crippen LogP contribution in [-0.2, 0) is 9.84 Å². The van der Waals surface area contributed by atoms with Crippen molar-refractivity contribution in [3.63, 3.8) is 0 Å². The Morgan fingerprint density at radius 2 is 1.73 bits per heavy atom. The molecule has 2 fully saturated rings. The van der Waals surface area contributed by atoms with E-state index < -0.39 is 15.1 Å². The second-order valence-electron chi connectivity index (χ2n) is 13.0. The van der Waals surface area contributed by atoms with Crippen LogP contribution in [0.3, 0.4) is 0 Å². The van der Waals surface area contributed by atoms with Gasteiger partial charge >= 0.3 is 0 Å². The quantitative estimate of drug-likeness (QED) is 0.185. The molecule has 0 spiro atoms. The predicted octanol–water partition coefficient (Wildman–Crippen LogP) is 8.35. The van der Waals surface area contributed by atoms with Gasteiger partial charge in [0.15, 0.2) is 15.7 Å². The number of aromatic nitrogens is 2. The van der Waals surface area contributed by atoms with Gasteiger partial charge in [0, 0.05) is 26.2 Å². The van der Waals surface area contributed by atoms with E-state index in [0.29, 0.717) is 36.0 Å². The van der Waals surface area contributed by atoms with Crippen molar-refractivity contribution < 1.29 is 17.9 Å². The SMILES string of the molecule is Cc1cc(Nc2ncc(Cl)c(Nc3ccccc3S(=O)(=O)C(C)C)n2)c(OC(C)C)cc1C1CCN(C(=O)SCC(=S)N2CCCC2)CC1. The Kier molecular flexibility index (Phi) is 12.3. The fraction of sp³-hybridized carbons (Fsp3) is 0.486. The first-order valence-electron chi connectivity index (χ1n) is 16.7. The van der Waals surface area contributed by atoms with Gasteiger partial charge in [-0.25, -0.2) is 13.4 Å². The van der Waals surface area contributed by atoms with E-state index in [9.17, 15) is 13.2 Å². The summed E-state index contributed by atoms with van der Waals surface area (Å²) >= 11 is 13.4. The van der Waals surface area contributed by atoms with Crippen molar-refractivity contribution in [2.75, 3.05) is 42.6 Å². The summed E-state index contributed by atoms with van der Waals surface area (Å²) in [6.45, 7) is 12.7. The van der Waals surface area contributed by atoms with Crippen LogP contribution < -0.4 is 15.4 Å². The number of thiocarbonyl (C=S) groups is 1. The smallest absolute Gasteiger partial charge is 0.282 e. The Morgan fingerprint density at radius 1 is 1.04 bits per heavy atom. The molecule has 3 aromatic rings. The van der Waals surface area contributed by atoms with Gasteiger partial charge in [-0.3, -0.25) is 4.79 Å². The summed E-state index contributed by atoms with van der Waals surface area (Å²) in [5, 5.41) is 6.15. The number of thioether (sulfide) groups is 1. The number of nitrogens with zero attached hydrogens (tertiary/aromatic N) is 4. The summed E-state index contributed by atoms with van der Waals surface area (Å²) in [7, 11) is -3.56. The van der Waals surface area contributed by atoms with Gasteiger partial charge in [-0.1, -0.05) is 47.7 Å². The van der Waals surface area contributed by atoms with E-state index in [1.165, 1.54) is 36.4 Å². The van der Waals surface area contributed by atoms with E-state index in [0.717, 1.165) is 36.5 Å². The molecule has 1 amide bonds. The molecular weight excluding hydrogens is 700 g/mol. The maximum atomic E-state index is 13.0. The molecule has 2 aliphatic rings. The zero-order valence-electron chi connectivity index (χ0n) is 28.7. The number of rotatable bonds is 11. The topological polar surface area (TPSA) is 117 Å². The molecule has 49 heavy (non-hydrogen) atoms. The van der Waals surface area contributed by atoms with Crippen molar-refractivity contribution >= 4 is 78.8 Å². The van der Waals surface area contributed by atoms with E-state index in [4.69, 9.17) is 28.6 Å². The van der Waals surface area contributed by atoms with Gasteiger partial charge in [0.05, 0.1) is 44.6 Å². The van der Waals surface area contributed by atoms with Gasteiger partial charge in [-0.2, -0.15) is 4.98 Å². The number of piperidine rings is 1. The van der Waals surface area contributed by atoms with Gasteiger partial charge in [0.2, 0.25) is 5.95 Å². The first-order chi connectivity index (χ1) is 23.3. The minimum absolute atomic E-state index is 0.0815. The maximum Gasteiger partial charge on any atom is 0.282 e. The van der Waals surface area contributed by atoms with Crippen LogP contribution in [0.15, 0.2) is 47.5 Å². The third kappa shape index (κ3) is 9.16. The number of hydrogen-bond acceptors (Lipinski definition) is 10. The molecule has 10 nitrogen and oxygen atoms in total. The van der Waals surface area contributed by atoms with Crippen LogP contribution in [0, 0.1) is 6.92 Å². The minimum Gasteiger partial charge on any atom is -0.489 e. The molecule has 14 heteroatoms. The number of amides is 1. The lowest BCUT2D eigenvalue weighted by Crippen LogP contribution is -2.36. The Hall–Kier alpha value is -3.13. The number of sulfone groups is 1. The molecule has 264 valence electrons. The molecule has 5 rings (SSSR count). The van der Waals surface area contributed by atoms with Gasteiger partial charge < -0.3 is 25.2 Å². The van der Waals surface area contributed by atoms with Crippen molar-refractivity contribution in [1.82, 2.24) is 19.8 Å². The number of halogens is 1. The number of likely N-dealkylation sites (tertiary alicyclic amines) is 2. The van der Waals surface area contributed by atoms with Crippen LogP contribution in [0.4, 0.5) is 27.9 Å². The highest BCUT2D eigenvalue weighted by Gasteiger charge is 2.28. The average Bonchev–Trinajstić information content (AvgIpc) is 3.62. The van der Waals surface area contributed by atoms with Crippen LogP contribution >= 0.6 is 35.6 Å². The third-order valence-electron chi connectivity index (χ3n) is 8.76. The molecular formula is C35H45ClN6O4S3. The number of hydrogen-bond donors (Lipinski definition) is 2. The first kappa shape index (κ1) is 37.1. The van der Waals surface area contributed by atoms with E-state index in [-0.39, 0.29) is 38.9 Å². The molecule has 0 radical (unpaired) electrons. The number of benzene rings is 2. The van der Waals surface area contributed by atoms with Crippen LogP contribution in [0.1, 0.15) is 70.4 Å². The molecule has 2 aromatic carbocycles. The Labute approximate surface area is 304 Å². The van der Waals surface area contributed by atoms with Crippen LogP contribution in [-0.4, -0.2) is 81.7 Å². The minimum atomic E-state index is -3.56. The molecule has 2 N–H and O–H groups in total. The normalized spacial score (nSPS) is 15.6. The van der Waals surface area contributed by atoms with E-state index in [1.807, 2.05) is 24.8 Å². The fourth-order valence-corrected chi connectivity index (χ4v) is 8.57. The van der Waals surface area contributed by atoms with Crippen molar-refractivity contribution in [2.24, 2.45) is 0 Å². The van der Waals surface area contributed by atoms with Gasteiger partial charge in [-0.05, 0) is 102 Å². The molecule has 0 saturated carbocycles. The highest BCUT2D eigenvalue weighted by molar-refractivity contribution is 8.14. The summed E-state index contributed by atoms with van der Waals surface area (Å²) < 4.78 is 32.3. The molecule has 0 bridgehead atoms. The lowest BCUT2D eigenvalue weighted by atomic mass is 9.86. The number of anilines is 4. The molecule has 1 aromatic heterocycles. The lowest BCUT2D eigenvalue weighted by Gasteiger charge is -2.33. The molecule has 2 aliphatic heterocycles. The molecule has 0 aliphatic carbocycles. The highest BCUT2D eigenvalue weighted by Crippen LogP contribution is 2.39. The van der Waals surface area contributed by atoms with Crippen molar-refractivity contribution in [3.05, 3.63) is 58.7 Å². The van der Waals surface area contributed by atoms with Crippen molar-refractivity contribution in [1.29, 1.82) is 0 Å². The summed E-state index contributed by atoms with van der Waals surface area (Å²) in [4.78, 5) is 27.2. The predicted molar refractivity (Wildman–Crippen MR) is 204 cm³/mol. The molecule has 0 atom stereocenters. The maximum absolute atomic E-state index is 13.0. The van der Waals surface area contributed by atoms with Crippen LogP contribution in [0.5, 0.6) is 5.75 Å². The molecule has 0 unspecified atom stereocenters. The number of carbonyl (C=O) groups excluding carboxylic acids is 1. The van der Waals surface area contributed by atoms with E-state index in [1.54, 1.807) is 38.1 Å². The number of ether oxygens (including phenoxy) is 1.